The normalized spacial score (nSPS) is 8.80. The molecule has 0 aliphatic rings. The van der Waals surface area contributed by atoms with Crippen molar-refractivity contribution in [3.63, 3.8) is 0 Å². The average molecular weight is 135 g/mol. The molecule has 0 atom stereocenters. The monoisotopic (exact) mass is 135 g/mol. The van der Waals surface area contributed by atoms with Gasteiger partial charge in [-0.1, -0.05) is 18.2 Å². The zero-order chi connectivity index (χ0) is 7.23. The van der Waals surface area contributed by atoms with Crippen molar-refractivity contribution in [2.24, 2.45) is 0 Å². The highest BCUT2D eigenvalue weighted by Crippen LogP contribution is 2.06. The van der Waals surface area contributed by atoms with Crippen LogP contribution in [-0.2, 0) is 4.79 Å². The summed E-state index contributed by atoms with van der Waals surface area (Å²) in [5.74, 6) is 0.700. The van der Waals surface area contributed by atoms with E-state index in [4.69, 9.17) is 4.74 Å². The van der Waals surface area contributed by atoms with Crippen LogP contribution < -0.4 is 4.74 Å². The fraction of sp³-hybridized carbons (Fsp3) is 0.125. The SMILES string of the molecule is O=[C]COc1ccccc1. The van der Waals surface area contributed by atoms with Gasteiger partial charge in [0.2, 0.25) is 6.29 Å². The summed E-state index contributed by atoms with van der Waals surface area (Å²) in [7, 11) is 0. The van der Waals surface area contributed by atoms with Crippen LogP contribution in [0.15, 0.2) is 30.3 Å². The van der Waals surface area contributed by atoms with E-state index in [1.54, 1.807) is 18.4 Å². The molecule has 0 amide bonds. The molecular weight excluding hydrogens is 128 g/mol. The fourth-order valence-electron chi connectivity index (χ4n) is 0.630. The van der Waals surface area contributed by atoms with Crippen LogP contribution in [0.2, 0.25) is 0 Å². The molecule has 1 radical (unpaired) electrons. The van der Waals surface area contributed by atoms with Gasteiger partial charge in [-0.15, -0.1) is 0 Å². The number of carbonyl (C=O) groups excluding carboxylic acids is 1. The Hall–Kier alpha value is -1.31. The van der Waals surface area contributed by atoms with Gasteiger partial charge in [-0.05, 0) is 12.1 Å². The van der Waals surface area contributed by atoms with Crippen molar-refractivity contribution in [2.45, 2.75) is 0 Å². The first-order chi connectivity index (χ1) is 4.93. The molecule has 0 aromatic heterocycles. The van der Waals surface area contributed by atoms with E-state index in [0.29, 0.717) is 5.75 Å². The molecule has 0 aliphatic carbocycles. The zero-order valence-electron chi connectivity index (χ0n) is 5.41. The second-order valence-corrected chi connectivity index (χ2v) is 1.75. The summed E-state index contributed by atoms with van der Waals surface area (Å²) in [4.78, 5) is 9.73. The van der Waals surface area contributed by atoms with Crippen molar-refractivity contribution in [1.82, 2.24) is 0 Å². The number of hydrogen-bond donors (Lipinski definition) is 0. The molecule has 10 heavy (non-hydrogen) atoms. The molecule has 0 unspecified atom stereocenters. The van der Waals surface area contributed by atoms with Gasteiger partial charge in [0.15, 0.2) is 6.61 Å². The molecule has 0 N–H and O–H groups in total. The van der Waals surface area contributed by atoms with Gasteiger partial charge in [-0.3, -0.25) is 4.79 Å². The van der Waals surface area contributed by atoms with Crippen LogP contribution in [-0.4, -0.2) is 12.9 Å². The molecule has 0 saturated carbocycles. The topological polar surface area (TPSA) is 26.3 Å². The average Bonchev–Trinajstić information content (AvgIpc) is 2.03. The van der Waals surface area contributed by atoms with Crippen LogP contribution >= 0.6 is 0 Å². The number of ether oxygens (including phenoxy) is 1. The van der Waals surface area contributed by atoms with Crippen LogP contribution in [0.3, 0.4) is 0 Å². The van der Waals surface area contributed by atoms with E-state index in [0.717, 1.165) is 0 Å². The van der Waals surface area contributed by atoms with Gasteiger partial charge in [0.1, 0.15) is 5.75 Å². The Morgan fingerprint density at radius 2 is 2.00 bits per heavy atom. The smallest absolute Gasteiger partial charge is 0.239 e. The first kappa shape index (κ1) is 6.81. The minimum Gasteiger partial charge on any atom is -0.485 e. The van der Waals surface area contributed by atoms with Gasteiger partial charge >= 0.3 is 0 Å². The highest BCUT2D eigenvalue weighted by atomic mass is 16.5. The first-order valence-electron chi connectivity index (χ1n) is 2.96. The Balaban J connectivity index is 2.50. The predicted molar refractivity (Wildman–Crippen MR) is 37.6 cm³/mol. The highest BCUT2D eigenvalue weighted by Gasteiger charge is 1.87. The molecule has 2 nitrogen and oxygen atoms in total. The number of para-hydroxylation sites is 1. The summed E-state index contributed by atoms with van der Waals surface area (Å²) >= 11 is 0. The van der Waals surface area contributed by atoms with E-state index in [2.05, 4.69) is 0 Å². The van der Waals surface area contributed by atoms with Crippen LogP contribution in [0.1, 0.15) is 0 Å². The molecule has 0 heterocycles. The lowest BCUT2D eigenvalue weighted by Crippen LogP contribution is -1.96. The first-order valence-corrected chi connectivity index (χ1v) is 2.96. The second-order valence-electron chi connectivity index (χ2n) is 1.75. The molecule has 51 valence electrons. The van der Waals surface area contributed by atoms with E-state index >= 15 is 0 Å². The Morgan fingerprint density at radius 1 is 1.30 bits per heavy atom. The second kappa shape index (κ2) is 3.67. The van der Waals surface area contributed by atoms with Gasteiger partial charge in [0.25, 0.3) is 0 Å². The molecule has 0 saturated heterocycles. The quantitative estimate of drug-likeness (QED) is 0.622. The standard InChI is InChI=1S/C8H7O2/c9-6-7-10-8-4-2-1-3-5-8/h1-5H,7H2. The molecule has 0 spiro atoms. The van der Waals surface area contributed by atoms with Crippen molar-refractivity contribution < 1.29 is 9.53 Å². The summed E-state index contributed by atoms with van der Waals surface area (Å²) in [5, 5.41) is 0. The van der Waals surface area contributed by atoms with E-state index in [1.165, 1.54) is 0 Å². The van der Waals surface area contributed by atoms with Crippen molar-refractivity contribution in [1.29, 1.82) is 0 Å². The Morgan fingerprint density at radius 3 is 2.60 bits per heavy atom. The molecule has 0 fully saturated rings. The van der Waals surface area contributed by atoms with E-state index < -0.39 is 0 Å². The Bertz CT molecular complexity index is 194. The maximum atomic E-state index is 9.73. The fourth-order valence-corrected chi connectivity index (χ4v) is 0.630. The third kappa shape index (κ3) is 1.90. The minimum atomic E-state index is 0.00398. The van der Waals surface area contributed by atoms with Crippen molar-refractivity contribution >= 4 is 6.29 Å². The predicted octanol–water partition coefficient (Wildman–Crippen LogP) is 1.18. The lowest BCUT2D eigenvalue weighted by molar-refractivity contribution is 0.365. The molecule has 1 aromatic carbocycles. The van der Waals surface area contributed by atoms with Gasteiger partial charge in [0.05, 0.1) is 0 Å². The minimum absolute atomic E-state index is 0.00398. The summed E-state index contributed by atoms with van der Waals surface area (Å²) in [5.41, 5.74) is 0. The summed E-state index contributed by atoms with van der Waals surface area (Å²) in [6.07, 6.45) is 1.64. The van der Waals surface area contributed by atoms with Crippen molar-refractivity contribution in [2.75, 3.05) is 6.61 Å². The molecule has 1 rings (SSSR count). The molecule has 2 heteroatoms. The summed E-state index contributed by atoms with van der Waals surface area (Å²) in [6.45, 7) is 0.00398. The molecule has 0 bridgehead atoms. The van der Waals surface area contributed by atoms with Gasteiger partial charge in [-0.25, -0.2) is 0 Å². The molecule has 1 aromatic rings. The summed E-state index contributed by atoms with van der Waals surface area (Å²) in [6, 6.07) is 9.16. The number of hydrogen-bond acceptors (Lipinski definition) is 2. The Labute approximate surface area is 59.4 Å². The van der Waals surface area contributed by atoms with Gasteiger partial charge in [0, 0.05) is 0 Å². The maximum absolute atomic E-state index is 9.73. The van der Waals surface area contributed by atoms with E-state index in [1.807, 2.05) is 18.2 Å². The molecule has 0 aliphatic heterocycles. The van der Waals surface area contributed by atoms with Gasteiger partial charge in [-0.2, -0.15) is 0 Å². The molecular formula is C8H7O2. The zero-order valence-corrected chi connectivity index (χ0v) is 5.41. The third-order valence-corrected chi connectivity index (χ3v) is 1.04. The highest BCUT2D eigenvalue weighted by molar-refractivity contribution is 5.52. The van der Waals surface area contributed by atoms with Crippen LogP contribution in [0.25, 0.3) is 0 Å². The lowest BCUT2D eigenvalue weighted by Gasteiger charge is -1.98. The summed E-state index contributed by atoms with van der Waals surface area (Å²) < 4.78 is 4.93. The third-order valence-electron chi connectivity index (χ3n) is 1.04. The largest absolute Gasteiger partial charge is 0.485 e. The maximum Gasteiger partial charge on any atom is 0.239 e. The van der Waals surface area contributed by atoms with Gasteiger partial charge < -0.3 is 4.74 Å². The Kier molecular flexibility index (Phi) is 2.49. The van der Waals surface area contributed by atoms with Crippen LogP contribution in [0.5, 0.6) is 5.75 Å². The number of rotatable bonds is 3. The van der Waals surface area contributed by atoms with Crippen molar-refractivity contribution in [3.05, 3.63) is 30.3 Å². The van der Waals surface area contributed by atoms with E-state index in [-0.39, 0.29) is 6.61 Å². The van der Waals surface area contributed by atoms with Crippen LogP contribution in [0, 0.1) is 0 Å². The number of benzene rings is 1. The van der Waals surface area contributed by atoms with E-state index in [9.17, 15) is 4.79 Å². The van der Waals surface area contributed by atoms with Crippen molar-refractivity contribution in [3.8, 4) is 5.75 Å². The van der Waals surface area contributed by atoms with Crippen LogP contribution in [0.4, 0.5) is 0 Å². The lowest BCUT2D eigenvalue weighted by atomic mass is 10.3.